The van der Waals surface area contributed by atoms with Crippen molar-refractivity contribution in [3.8, 4) is 17.3 Å². The number of anilines is 1. The summed E-state index contributed by atoms with van der Waals surface area (Å²) in [4.78, 5) is 29.6. The molecule has 0 spiro atoms. The maximum absolute atomic E-state index is 6.11. The van der Waals surface area contributed by atoms with E-state index < -0.39 is 0 Å². The molecule has 0 unspecified atom stereocenters. The minimum absolute atomic E-state index is 0.572. The van der Waals surface area contributed by atoms with Gasteiger partial charge in [0, 0.05) is 70.6 Å². The molecule has 9 nitrogen and oxygen atoms in total. The van der Waals surface area contributed by atoms with Gasteiger partial charge in [0.25, 0.3) is 0 Å². The van der Waals surface area contributed by atoms with Crippen molar-refractivity contribution in [2.24, 2.45) is 0 Å². The number of benzene rings is 1. The number of nitrogens with zero attached hydrogens (tertiary/aromatic N) is 8. The van der Waals surface area contributed by atoms with E-state index in [0.717, 1.165) is 62.8 Å². The van der Waals surface area contributed by atoms with Crippen LogP contribution in [0.4, 0.5) is 5.95 Å². The lowest BCUT2D eigenvalue weighted by molar-refractivity contribution is 0.133. The third kappa shape index (κ3) is 6.27. The predicted molar refractivity (Wildman–Crippen MR) is 152 cm³/mol. The molecule has 6 rings (SSSR count). The molecule has 1 saturated heterocycles. The Hall–Kier alpha value is -4.21. The maximum atomic E-state index is 6.11. The van der Waals surface area contributed by atoms with Crippen LogP contribution in [0, 0.1) is 0 Å². The monoisotopic (exact) mass is 520 g/mol. The topological polar surface area (TPSA) is 83.4 Å². The highest BCUT2D eigenvalue weighted by atomic mass is 16.5. The summed E-state index contributed by atoms with van der Waals surface area (Å²) in [5, 5.41) is 0. The molecule has 2 aliphatic rings. The number of ether oxygens (including phenoxy) is 1. The lowest BCUT2D eigenvalue weighted by Gasteiger charge is -2.32. The molecule has 1 fully saturated rings. The van der Waals surface area contributed by atoms with Crippen molar-refractivity contribution >= 4 is 18.1 Å². The smallest absolute Gasteiger partial charge is 0.226 e. The van der Waals surface area contributed by atoms with Gasteiger partial charge in [-0.2, -0.15) is 0 Å². The first-order valence-corrected chi connectivity index (χ1v) is 13.3. The van der Waals surface area contributed by atoms with Crippen LogP contribution in [0.25, 0.3) is 23.7 Å². The lowest BCUT2D eigenvalue weighted by Crippen LogP contribution is -2.45. The fourth-order valence-electron chi connectivity index (χ4n) is 4.84. The first kappa shape index (κ1) is 25.1. The highest BCUT2D eigenvalue weighted by Crippen LogP contribution is 2.29. The molecule has 0 atom stereocenters. The second kappa shape index (κ2) is 11.7. The number of hydrogen-bond acceptors (Lipinski definition) is 9. The van der Waals surface area contributed by atoms with E-state index in [-0.39, 0.29) is 0 Å². The summed E-state index contributed by atoms with van der Waals surface area (Å²) in [6, 6.07) is 14.0. The molecular weight excluding hydrogens is 488 g/mol. The van der Waals surface area contributed by atoms with E-state index in [9.17, 15) is 0 Å². The first-order valence-electron chi connectivity index (χ1n) is 13.3. The van der Waals surface area contributed by atoms with Gasteiger partial charge >= 0.3 is 0 Å². The molecule has 0 amide bonds. The molecule has 1 aromatic carbocycles. The van der Waals surface area contributed by atoms with Gasteiger partial charge in [0.2, 0.25) is 5.95 Å². The summed E-state index contributed by atoms with van der Waals surface area (Å²) < 4.78 is 6.11. The summed E-state index contributed by atoms with van der Waals surface area (Å²) >= 11 is 0. The second-order valence-electron chi connectivity index (χ2n) is 9.94. The summed E-state index contributed by atoms with van der Waals surface area (Å²) in [5.41, 5.74) is 5.09. The van der Waals surface area contributed by atoms with Gasteiger partial charge in [-0.25, -0.2) is 19.9 Å². The van der Waals surface area contributed by atoms with Gasteiger partial charge in [-0.15, -0.1) is 0 Å². The largest absolute Gasteiger partial charge is 0.492 e. The Morgan fingerprint density at radius 3 is 2.51 bits per heavy atom. The minimum Gasteiger partial charge on any atom is -0.492 e. The maximum Gasteiger partial charge on any atom is 0.226 e. The quantitative estimate of drug-likeness (QED) is 0.346. The summed E-state index contributed by atoms with van der Waals surface area (Å²) in [6.07, 6.45) is 11.0. The Labute approximate surface area is 228 Å². The Bertz CT molecular complexity index is 1440. The van der Waals surface area contributed by atoms with Gasteiger partial charge < -0.3 is 14.5 Å². The third-order valence-electron chi connectivity index (χ3n) is 7.16. The van der Waals surface area contributed by atoms with Crippen LogP contribution >= 0.6 is 0 Å². The van der Waals surface area contributed by atoms with Crippen molar-refractivity contribution in [2.45, 2.75) is 13.1 Å². The fraction of sp³-hybridized carbons (Fsp3) is 0.300. The summed E-state index contributed by atoms with van der Waals surface area (Å²) in [6.45, 7) is 7.62. The van der Waals surface area contributed by atoms with E-state index >= 15 is 0 Å². The van der Waals surface area contributed by atoms with Gasteiger partial charge in [-0.3, -0.25) is 9.88 Å². The van der Waals surface area contributed by atoms with E-state index in [4.69, 9.17) is 14.7 Å². The molecule has 0 saturated carbocycles. The van der Waals surface area contributed by atoms with Crippen molar-refractivity contribution in [1.82, 2.24) is 34.7 Å². The number of piperazine rings is 1. The molecule has 198 valence electrons. The average Bonchev–Trinajstić information content (AvgIpc) is 3.42. The Morgan fingerprint density at radius 1 is 0.821 bits per heavy atom. The van der Waals surface area contributed by atoms with Crippen LogP contribution in [0.2, 0.25) is 0 Å². The molecule has 4 aromatic rings. The number of fused-ring (bicyclic) bond motifs is 1. The Morgan fingerprint density at radius 2 is 1.64 bits per heavy atom. The van der Waals surface area contributed by atoms with Gasteiger partial charge in [0.05, 0.1) is 5.69 Å². The fourth-order valence-corrected chi connectivity index (χ4v) is 4.84. The molecule has 5 heterocycles. The third-order valence-corrected chi connectivity index (χ3v) is 7.16. The van der Waals surface area contributed by atoms with E-state index in [2.05, 4.69) is 54.9 Å². The number of rotatable bonds is 8. The Balaban J connectivity index is 1.09. The van der Waals surface area contributed by atoms with Crippen LogP contribution in [0.3, 0.4) is 0 Å². The molecule has 0 radical (unpaired) electrons. The summed E-state index contributed by atoms with van der Waals surface area (Å²) in [7, 11) is 2.18. The van der Waals surface area contributed by atoms with Gasteiger partial charge in [0.15, 0.2) is 5.82 Å². The number of pyridine rings is 1. The van der Waals surface area contributed by atoms with Crippen molar-refractivity contribution < 1.29 is 4.74 Å². The SMILES string of the molecule is CN1CCN(CCOc2ccc3c(c2)CN(c2nccc(-c4nccc(/C=C/c5ccncc5)n4)n2)C3)CC1. The van der Waals surface area contributed by atoms with Gasteiger partial charge in [-0.05, 0) is 66.2 Å². The molecule has 39 heavy (non-hydrogen) atoms. The molecule has 0 N–H and O–H groups in total. The van der Waals surface area contributed by atoms with Crippen LogP contribution in [0.15, 0.2) is 67.3 Å². The second-order valence-corrected chi connectivity index (χ2v) is 9.94. The predicted octanol–water partition coefficient (Wildman–Crippen LogP) is 3.65. The van der Waals surface area contributed by atoms with Crippen LogP contribution in [0.5, 0.6) is 5.75 Å². The van der Waals surface area contributed by atoms with Crippen LogP contribution in [-0.2, 0) is 13.1 Å². The van der Waals surface area contributed by atoms with Crippen LogP contribution in [-0.4, -0.2) is 81.1 Å². The normalized spacial score (nSPS) is 16.1. The molecule has 9 heteroatoms. The molecular formula is C30H32N8O. The van der Waals surface area contributed by atoms with Crippen molar-refractivity contribution in [2.75, 3.05) is 51.3 Å². The minimum atomic E-state index is 0.572. The van der Waals surface area contributed by atoms with E-state index in [1.807, 2.05) is 36.4 Å². The Kier molecular flexibility index (Phi) is 7.51. The number of likely N-dealkylation sites (N-methyl/N-ethyl adjacent to an activating group) is 1. The van der Waals surface area contributed by atoms with Crippen LogP contribution in [0.1, 0.15) is 22.4 Å². The zero-order chi connectivity index (χ0) is 26.4. The van der Waals surface area contributed by atoms with Crippen molar-refractivity contribution in [3.05, 3.63) is 89.6 Å². The van der Waals surface area contributed by atoms with Crippen molar-refractivity contribution in [1.29, 1.82) is 0 Å². The van der Waals surface area contributed by atoms with Crippen molar-refractivity contribution in [3.63, 3.8) is 0 Å². The highest BCUT2D eigenvalue weighted by molar-refractivity contribution is 5.68. The zero-order valence-corrected chi connectivity index (χ0v) is 22.1. The molecule has 0 bridgehead atoms. The van der Waals surface area contributed by atoms with E-state index in [0.29, 0.717) is 24.1 Å². The standard InChI is InChI=1S/C30H32N8O/c1-36-14-16-37(17-15-36)18-19-39-27-5-3-24-21-38(22-25(24)20-27)30-33-13-9-28(35-30)29-32-12-8-26(34-29)4-2-23-6-10-31-11-7-23/h2-13,20H,14-19,21-22H2,1H3/b4-2+. The highest BCUT2D eigenvalue weighted by Gasteiger charge is 2.22. The van der Waals surface area contributed by atoms with Gasteiger partial charge in [0.1, 0.15) is 18.1 Å². The van der Waals surface area contributed by atoms with E-state index in [1.54, 1.807) is 24.8 Å². The van der Waals surface area contributed by atoms with Gasteiger partial charge in [-0.1, -0.05) is 12.1 Å². The van der Waals surface area contributed by atoms with E-state index in [1.165, 1.54) is 11.1 Å². The first-order chi connectivity index (χ1) is 19.2. The lowest BCUT2D eigenvalue weighted by atomic mass is 10.1. The zero-order valence-electron chi connectivity index (χ0n) is 22.1. The average molecular weight is 521 g/mol. The molecule has 2 aliphatic heterocycles. The molecule has 0 aliphatic carbocycles. The molecule has 3 aromatic heterocycles. The summed E-state index contributed by atoms with van der Waals surface area (Å²) in [5.74, 6) is 2.16. The van der Waals surface area contributed by atoms with Crippen LogP contribution < -0.4 is 9.64 Å². The number of aromatic nitrogens is 5. The number of hydrogen-bond donors (Lipinski definition) is 0.